The van der Waals surface area contributed by atoms with E-state index in [-0.39, 0.29) is 6.04 Å². The summed E-state index contributed by atoms with van der Waals surface area (Å²) in [5.41, 5.74) is 3.41. The number of aromatic nitrogens is 6. The molecule has 1 aliphatic rings. The Morgan fingerprint density at radius 2 is 1.90 bits per heavy atom. The number of benzene rings is 1. The zero-order valence-corrected chi connectivity index (χ0v) is 17.0. The third kappa shape index (κ3) is 3.14. The van der Waals surface area contributed by atoms with Crippen LogP contribution in [0.15, 0.2) is 42.7 Å². The Labute approximate surface area is 173 Å². The van der Waals surface area contributed by atoms with E-state index < -0.39 is 5.95 Å². The average molecular weight is 404 g/mol. The number of hydrogen-bond acceptors (Lipinski definition) is 5. The molecule has 0 fully saturated rings. The van der Waals surface area contributed by atoms with Crippen LogP contribution in [0.4, 0.5) is 4.39 Å². The molecule has 0 unspecified atom stereocenters. The standard InChI is InChI=1S/C22H21FN6O/c1-13(2)29-22(25-14(3)27-29)18-12-28-8-9-30-19-6-4-15(10-17(19)21(28)26-18)16-5-7-20(23)24-11-16/h4-7,10-13H,8-9H2,1-3H3. The monoisotopic (exact) mass is 404 g/mol. The Hall–Kier alpha value is -3.55. The molecule has 0 radical (unpaired) electrons. The lowest BCUT2D eigenvalue weighted by molar-refractivity contribution is 0.306. The molecule has 0 amide bonds. The van der Waals surface area contributed by atoms with Crippen molar-refractivity contribution in [2.45, 2.75) is 33.4 Å². The third-order valence-corrected chi connectivity index (χ3v) is 5.10. The third-order valence-electron chi connectivity index (χ3n) is 5.10. The van der Waals surface area contributed by atoms with Crippen molar-refractivity contribution in [3.05, 3.63) is 54.5 Å². The van der Waals surface area contributed by atoms with Crippen molar-refractivity contribution in [2.75, 3.05) is 6.61 Å². The number of aryl methyl sites for hydroxylation is 1. The molecule has 0 saturated heterocycles. The summed E-state index contributed by atoms with van der Waals surface area (Å²) in [5, 5.41) is 4.51. The van der Waals surface area contributed by atoms with Crippen LogP contribution < -0.4 is 4.74 Å². The van der Waals surface area contributed by atoms with E-state index >= 15 is 0 Å². The molecule has 0 atom stereocenters. The van der Waals surface area contributed by atoms with Crippen LogP contribution in [-0.2, 0) is 6.54 Å². The summed E-state index contributed by atoms with van der Waals surface area (Å²) in [6, 6.07) is 9.14. The molecule has 152 valence electrons. The van der Waals surface area contributed by atoms with Crippen molar-refractivity contribution in [1.82, 2.24) is 29.3 Å². The number of fused-ring (bicyclic) bond motifs is 3. The van der Waals surface area contributed by atoms with Crippen LogP contribution in [0.3, 0.4) is 0 Å². The summed E-state index contributed by atoms with van der Waals surface area (Å²) in [5.74, 6) is 2.55. The molecule has 8 heteroatoms. The van der Waals surface area contributed by atoms with Gasteiger partial charge in [-0.25, -0.2) is 19.6 Å². The highest BCUT2D eigenvalue weighted by Crippen LogP contribution is 2.36. The molecule has 0 spiro atoms. The zero-order chi connectivity index (χ0) is 20.8. The number of halogens is 1. The van der Waals surface area contributed by atoms with Gasteiger partial charge >= 0.3 is 0 Å². The number of hydrogen-bond donors (Lipinski definition) is 0. The van der Waals surface area contributed by atoms with E-state index in [4.69, 9.17) is 9.72 Å². The molecule has 7 nitrogen and oxygen atoms in total. The fraction of sp³-hybridized carbons (Fsp3) is 0.273. The molecule has 4 aromatic rings. The van der Waals surface area contributed by atoms with Crippen molar-refractivity contribution in [2.24, 2.45) is 0 Å². The van der Waals surface area contributed by atoms with E-state index in [9.17, 15) is 4.39 Å². The van der Waals surface area contributed by atoms with E-state index in [0.29, 0.717) is 13.2 Å². The maximum absolute atomic E-state index is 13.2. The van der Waals surface area contributed by atoms with Gasteiger partial charge in [-0.3, -0.25) is 0 Å². The second kappa shape index (κ2) is 7.05. The van der Waals surface area contributed by atoms with Crippen LogP contribution in [0, 0.1) is 12.9 Å². The van der Waals surface area contributed by atoms with Gasteiger partial charge in [0.25, 0.3) is 0 Å². The van der Waals surface area contributed by atoms with E-state index in [2.05, 4.69) is 33.5 Å². The van der Waals surface area contributed by atoms with Crippen molar-refractivity contribution >= 4 is 0 Å². The molecule has 0 N–H and O–H groups in total. The molecule has 4 heterocycles. The first-order valence-corrected chi connectivity index (χ1v) is 9.89. The van der Waals surface area contributed by atoms with Crippen LogP contribution >= 0.6 is 0 Å². The van der Waals surface area contributed by atoms with Gasteiger partial charge in [-0.05, 0) is 50.6 Å². The SMILES string of the molecule is Cc1nc(-c2cn3c(n2)-c2cc(-c4ccc(F)nc4)ccc2OCC3)n(C(C)C)n1. The zero-order valence-electron chi connectivity index (χ0n) is 17.0. The molecule has 0 bridgehead atoms. The van der Waals surface area contributed by atoms with Gasteiger partial charge in [-0.1, -0.05) is 6.07 Å². The van der Waals surface area contributed by atoms with Crippen LogP contribution in [0.25, 0.3) is 34.0 Å². The Morgan fingerprint density at radius 3 is 2.67 bits per heavy atom. The first-order valence-electron chi connectivity index (χ1n) is 9.89. The number of nitrogens with zero attached hydrogens (tertiary/aromatic N) is 6. The fourth-order valence-electron chi connectivity index (χ4n) is 3.68. The van der Waals surface area contributed by atoms with Gasteiger partial charge in [0.15, 0.2) is 5.82 Å². The Bertz CT molecular complexity index is 1230. The van der Waals surface area contributed by atoms with Crippen molar-refractivity contribution in [3.63, 3.8) is 0 Å². The number of imidazole rings is 1. The minimum atomic E-state index is -0.499. The van der Waals surface area contributed by atoms with Crippen molar-refractivity contribution in [3.8, 4) is 39.8 Å². The summed E-state index contributed by atoms with van der Waals surface area (Å²) >= 11 is 0. The minimum Gasteiger partial charge on any atom is -0.491 e. The van der Waals surface area contributed by atoms with Gasteiger partial charge in [0.2, 0.25) is 5.95 Å². The highest BCUT2D eigenvalue weighted by Gasteiger charge is 2.22. The molecule has 0 saturated carbocycles. The number of ether oxygens (including phenoxy) is 1. The van der Waals surface area contributed by atoms with Crippen molar-refractivity contribution in [1.29, 1.82) is 0 Å². The molecule has 30 heavy (non-hydrogen) atoms. The molecule has 3 aromatic heterocycles. The molecular formula is C22H21FN6O. The largest absolute Gasteiger partial charge is 0.491 e. The van der Waals surface area contributed by atoms with Crippen LogP contribution in [-0.4, -0.2) is 35.9 Å². The van der Waals surface area contributed by atoms with Gasteiger partial charge in [0.1, 0.15) is 29.7 Å². The summed E-state index contributed by atoms with van der Waals surface area (Å²) in [7, 11) is 0. The maximum Gasteiger partial charge on any atom is 0.212 e. The van der Waals surface area contributed by atoms with Gasteiger partial charge < -0.3 is 9.30 Å². The normalized spacial score (nSPS) is 13.0. The lowest BCUT2D eigenvalue weighted by Crippen LogP contribution is -2.06. The topological polar surface area (TPSA) is 70.7 Å². The second-order valence-corrected chi connectivity index (χ2v) is 7.59. The van der Waals surface area contributed by atoms with Crippen LogP contribution in [0.1, 0.15) is 25.7 Å². The minimum absolute atomic E-state index is 0.177. The Kier molecular flexibility index (Phi) is 4.34. The maximum atomic E-state index is 13.2. The van der Waals surface area contributed by atoms with Gasteiger partial charge in [0.05, 0.1) is 12.1 Å². The Morgan fingerprint density at radius 1 is 1.07 bits per heavy atom. The van der Waals surface area contributed by atoms with E-state index in [1.165, 1.54) is 12.3 Å². The van der Waals surface area contributed by atoms with E-state index in [1.807, 2.05) is 36.0 Å². The summed E-state index contributed by atoms with van der Waals surface area (Å²) in [4.78, 5) is 13.3. The molecule has 1 aromatic carbocycles. The van der Waals surface area contributed by atoms with E-state index in [1.54, 1.807) is 6.07 Å². The summed E-state index contributed by atoms with van der Waals surface area (Å²) < 4.78 is 23.1. The quantitative estimate of drug-likeness (QED) is 0.477. The highest BCUT2D eigenvalue weighted by molar-refractivity contribution is 5.76. The molecular weight excluding hydrogens is 383 g/mol. The predicted octanol–water partition coefficient (Wildman–Crippen LogP) is 4.29. The highest BCUT2D eigenvalue weighted by atomic mass is 19.1. The van der Waals surface area contributed by atoms with E-state index in [0.717, 1.165) is 45.6 Å². The van der Waals surface area contributed by atoms with Gasteiger partial charge in [0, 0.05) is 24.0 Å². The smallest absolute Gasteiger partial charge is 0.212 e. The summed E-state index contributed by atoms with van der Waals surface area (Å²) in [6.45, 7) is 7.26. The molecule has 1 aliphatic heterocycles. The lowest BCUT2D eigenvalue weighted by atomic mass is 10.0. The number of pyridine rings is 1. The fourth-order valence-corrected chi connectivity index (χ4v) is 3.68. The Balaban J connectivity index is 1.63. The predicted molar refractivity (Wildman–Crippen MR) is 110 cm³/mol. The number of rotatable bonds is 3. The molecule has 5 rings (SSSR count). The average Bonchev–Trinajstić information content (AvgIpc) is 3.28. The summed E-state index contributed by atoms with van der Waals surface area (Å²) in [6.07, 6.45) is 3.53. The second-order valence-electron chi connectivity index (χ2n) is 7.59. The van der Waals surface area contributed by atoms with Crippen LogP contribution in [0.2, 0.25) is 0 Å². The van der Waals surface area contributed by atoms with Gasteiger partial charge in [-0.15, -0.1) is 0 Å². The lowest BCUT2D eigenvalue weighted by Gasteiger charge is -2.09. The van der Waals surface area contributed by atoms with Gasteiger partial charge in [-0.2, -0.15) is 9.49 Å². The first kappa shape index (κ1) is 18.5. The first-order chi connectivity index (χ1) is 14.5. The molecule has 0 aliphatic carbocycles. The van der Waals surface area contributed by atoms with Crippen LogP contribution in [0.5, 0.6) is 5.75 Å². The van der Waals surface area contributed by atoms with Crippen molar-refractivity contribution < 1.29 is 9.13 Å².